The van der Waals surface area contributed by atoms with Gasteiger partial charge in [0.2, 0.25) is 0 Å². The second-order valence-electron chi connectivity index (χ2n) is 10.8. The SMILES string of the molecule is C[C@@H](O)c1nc2c(N3CCCc4ncccc43)n[nH]c2nc1[C@@]1(N)c2ccccc2CC12CCNCC2. The molecule has 5 heterocycles. The summed E-state index contributed by atoms with van der Waals surface area (Å²) in [4.78, 5) is 16.9. The standard InChI is InChI=1S/C28H32N8O/c1-17(37)22-24(28(29)19-7-3-2-6-18(19)16-27(28)10-13-30-14-11-27)33-25-23(32-22)26(35-34-25)36-15-5-8-20-21(36)9-4-12-31-20/h2-4,6-7,9,12,17,30,37H,5,8,10-11,13-16,29H2,1H3,(H,33,34,35)/t17-,28+/m1/s1. The molecule has 3 aromatic heterocycles. The quantitative estimate of drug-likeness (QED) is 0.341. The lowest BCUT2D eigenvalue weighted by Crippen LogP contribution is -2.56. The molecule has 2 atom stereocenters. The number of aliphatic hydroxyl groups excluding tert-OH is 1. The van der Waals surface area contributed by atoms with Gasteiger partial charge in [-0.25, -0.2) is 9.97 Å². The fourth-order valence-electron chi connectivity index (χ4n) is 6.93. The molecule has 37 heavy (non-hydrogen) atoms. The topological polar surface area (TPSA) is 129 Å². The molecule has 1 aliphatic carbocycles. The normalized spacial score (nSPS) is 23.3. The maximum atomic E-state index is 11.0. The predicted molar refractivity (Wildman–Crippen MR) is 142 cm³/mol. The highest BCUT2D eigenvalue weighted by Gasteiger charge is 2.58. The van der Waals surface area contributed by atoms with E-state index in [1.54, 1.807) is 6.92 Å². The number of benzene rings is 1. The number of aliphatic hydroxyl groups is 1. The number of nitrogens with two attached hydrogens (primary N) is 1. The van der Waals surface area contributed by atoms with E-state index in [0.29, 0.717) is 28.4 Å². The molecule has 3 aliphatic rings. The summed E-state index contributed by atoms with van der Waals surface area (Å²) in [5.41, 5.74) is 13.3. The summed E-state index contributed by atoms with van der Waals surface area (Å²) in [7, 11) is 0. The second kappa shape index (κ2) is 8.31. The zero-order chi connectivity index (χ0) is 25.2. The van der Waals surface area contributed by atoms with Crippen LogP contribution in [0.4, 0.5) is 11.5 Å². The van der Waals surface area contributed by atoms with Gasteiger partial charge in [-0.3, -0.25) is 10.1 Å². The van der Waals surface area contributed by atoms with Crippen molar-refractivity contribution in [3.63, 3.8) is 0 Å². The van der Waals surface area contributed by atoms with E-state index in [4.69, 9.17) is 15.7 Å². The largest absolute Gasteiger partial charge is 0.387 e. The number of rotatable bonds is 3. The van der Waals surface area contributed by atoms with Crippen molar-refractivity contribution in [1.82, 2.24) is 30.5 Å². The van der Waals surface area contributed by atoms with Gasteiger partial charge < -0.3 is 21.1 Å². The van der Waals surface area contributed by atoms with E-state index < -0.39 is 11.6 Å². The van der Waals surface area contributed by atoms with Gasteiger partial charge in [0.15, 0.2) is 17.0 Å². The molecule has 0 bridgehead atoms. The van der Waals surface area contributed by atoms with Gasteiger partial charge in [0.1, 0.15) is 0 Å². The van der Waals surface area contributed by atoms with Gasteiger partial charge in [-0.15, -0.1) is 0 Å². The van der Waals surface area contributed by atoms with Crippen molar-refractivity contribution >= 4 is 22.7 Å². The van der Waals surface area contributed by atoms with Crippen LogP contribution in [0.15, 0.2) is 42.6 Å². The number of aryl methyl sites for hydroxylation is 1. The molecule has 9 heteroatoms. The lowest BCUT2D eigenvalue weighted by molar-refractivity contribution is 0.112. The molecule has 7 rings (SSSR count). The van der Waals surface area contributed by atoms with Gasteiger partial charge in [0, 0.05) is 18.2 Å². The van der Waals surface area contributed by atoms with E-state index in [1.807, 2.05) is 18.3 Å². The molecule has 0 unspecified atom stereocenters. The maximum Gasteiger partial charge on any atom is 0.183 e. The van der Waals surface area contributed by atoms with E-state index in [0.717, 1.165) is 68.7 Å². The van der Waals surface area contributed by atoms with Crippen LogP contribution < -0.4 is 16.0 Å². The minimum Gasteiger partial charge on any atom is -0.387 e. The summed E-state index contributed by atoms with van der Waals surface area (Å²) in [6, 6.07) is 12.5. The molecule has 1 saturated heterocycles. The Hall–Kier alpha value is -3.40. The number of fused-ring (bicyclic) bond motifs is 3. The summed E-state index contributed by atoms with van der Waals surface area (Å²) >= 11 is 0. The third kappa shape index (κ3) is 3.20. The van der Waals surface area contributed by atoms with E-state index in [-0.39, 0.29) is 5.41 Å². The van der Waals surface area contributed by atoms with Gasteiger partial charge in [-0.1, -0.05) is 24.3 Å². The Bertz CT molecular complexity index is 1490. The third-order valence-corrected chi connectivity index (χ3v) is 8.75. The van der Waals surface area contributed by atoms with Crippen LogP contribution >= 0.6 is 0 Å². The first kappa shape index (κ1) is 22.8. The Labute approximate surface area is 215 Å². The van der Waals surface area contributed by atoms with Gasteiger partial charge in [-0.2, -0.15) is 5.10 Å². The van der Waals surface area contributed by atoms with Crippen LogP contribution in [-0.4, -0.2) is 49.9 Å². The fourth-order valence-corrected chi connectivity index (χ4v) is 6.93. The first-order valence-corrected chi connectivity index (χ1v) is 13.3. The highest BCUT2D eigenvalue weighted by molar-refractivity contribution is 5.87. The lowest BCUT2D eigenvalue weighted by atomic mass is 9.63. The summed E-state index contributed by atoms with van der Waals surface area (Å²) in [6.07, 6.45) is 5.68. The van der Waals surface area contributed by atoms with Crippen LogP contribution in [0.2, 0.25) is 0 Å². The number of nitrogens with zero attached hydrogens (tertiary/aromatic N) is 5. The fraction of sp³-hybridized carbons (Fsp3) is 0.429. The molecule has 0 radical (unpaired) electrons. The number of hydrogen-bond acceptors (Lipinski definition) is 8. The van der Waals surface area contributed by atoms with Crippen LogP contribution in [0.25, 0.3) is 11.2 Å². The van der Waals surface area contributed by atoms with Gasteiger partial charge in [-0.05, 0) is 75.4 Å². The number of aromatic nitrogens is 5. The molecular weight excluding hydrogens is 464 g/mol. The summed E-state index contributed by atoms with van der Waals surface area (Å²) in [5.74, 6) is 0.708. The number of piperidine rings is 1. The Morgan fingerprint density at radius 3 is 2.78 bits per heavy atom. The van der Waals surface area contributed by atoms with Crippen LogP contribution in [0.1, 0.15) is 60.5 Å². The molecule has 1 fully saturated rings. The smallest absolute Gasteiger partial charge is 0.183 e. The van der Waals surface area contributed by atoms with Gasteiger partial charge >= 0.3 is 0 Å². The van der Waals surface area contributed by atoms with Crippen molar-refractivity contribution in [3.05, 3.63) is 70.8 Å². The van der Waals surface area contributed by atoms with E-state index in [1.165, 1.54) is 5.56 Å². The van der Waals surface area contributed by atoms with E-state index in [2.05, 4.69) is 49.7 Å². The number of pyridine rings is 1. The Morgan fingerprint density at radius 2 is 1.95 bits per heavy atom. The average molecular weight is 497 g/mol. The summed E-state index contributed by atoms with van der Waals surface area (Å²) in [6.45, 7) is 4.38. The molecule has 2 aliphatic heterocycles. The summed E-state index contributed by atoms with van der Waals surface area (Å²) in [5, 5.41) is 22.4. The zero-order valence-electron chi connectivity index (χ0n) is 21.0. The van der Waals surface area contributed by atoms with Crippen LogP contribution in [0.5, 0.6) is 0 Å². The van der Waals surface area contributed by atoms with Crippen LogP contribution in [0, 0.1) is 5.41 Å². The van der Waals surface area contributed by atoms with Gasteiger partial charge in [0.25, 0.3) is 0 Å². The average Bonchev–Trinajstić information content (AvgIpc) is 3.45. The summed E-state index contributed by atoms with van der Waals surface area (Å²) < 4.78 is 0. The second-order valence-corrected chi connectivity index (χ2v) is 10.8. The lowest BCUT2D eigenvalue weighted by Gasteiger charge is -2.47. The van der Waals surface area contributed by atoms with E-state index in [9.17, 15) is 5.11 Å². The van der Waals surface area contributed by atoms with Crippen molar-refractivity contribution in [2.75, 3.05) is 24.5 Å². The third-order valence-electron chi connectivity index (χ3n) is 8.75. The van der Waals surface area contributed by atoms with E-state index >= 15 is 0 Å². The van der Waals surface area contributed by atoms with Gasteiger partial charge in [0.05, 0.1) is 34.4 Å². The highest BCUT2D eigenvalue weighted by atomic mass is 16.3. The van der Waals surface area contributed by atoms with Crippen molar-refractivity contribution in [1.29, 1.82) is 0 Å². The number of anilines is 2. The van der Waals surface area contributed by atoms with Crippen molar-refractivity contribution < 1.29 is 5.11 Å². The van der Waals surface area contributed by atoms with Crippen molar-refractivity contribution in [3.8, 4) is 0 Å². The maximum absolute atomic E-state index is 11.0. The monoisotopic (exact) mass is 496 g/mol. The molecule has 9 nitrogen and oxygen atoms in total. The van der Waals surface area contributed by atoms with Crippen LogP contribution in [-0.2, 0) is 18.4 Å². The van der Waals surface area contributed by atoms with Crippen LogP contribution in [0.3, 0.4) is 0 Å². The van der Waals surface area contributed by atoms with Crippen molar-refractivity contribution in [2.45, 2.75) is 50.7 Å². The Balaban J connectivity index is 1.44. The van der Waals surface area contributed by atoms with Crippen molar-refractivity contribution in [2.24, 2.45) is 11.1 Å². The number of hydrogen-bond donors (Lipinski definition) is 4. The molecular formula is C28H32N8O. The Morgan fingerprint density at radius 1 is 1.11 bits per heavy atom. The minimum absolute atomic E-state index is 0.200. The molecule has 0 amide bonds. The molecule has 5 N–H and O–H groups in total. The number of nitrogens with one attached hydrogen (secondary N) is 2. The minimum atomic E-state index is -0.869. The Kier molecular flexibility index (Phi) is 5.11. The molecule has 0 saturated carbocycles. The molecule has 190 valence electrons. The highest BCUT2D eigenvalue weighted by Crippen LogP contribution is 2.57. The molecule has 1 spiro atoms. The number of H-pyrrole nitrogens is 1. The molecule has 1 aromatic carbocycles. The first-order valence-electron chi connectivity index (χ1n) is 13.3. The molecule has 4 aromatic rings. The first-order chi connectivity index (χ1) is 18.0. The number of aromatic amines is 1. The zero-order valence-corrected chi connectivity index (χ0v) is 21.0. The predicted octanol–water partition coefficient (Wildman–Crippen LogP) is 3.01.